The predicted molar refractivity (Wildman–Crippen MR) is 48.7 cm³/mol. The van der Waals surface area contributed by atoms with Crippen LogP contribution in [0.15, 0.2) is 0 Å². The molecule has 1 aliphatic heterocycles. The molecule has 0 aromatic rings. The smallest absolute Gasteiger partial charge is 0.317 e. The van der Waals surface area contributed by atoms with Gasteiger partial charge in [0.25, 0.3) is 0 Å². The highest BCUT2D eigenvalue weighted by Gasteiger charge is 2.27. The number of carboxylic acid groups (broad SMARTS) is 1. The van der Waals surface area contributed by atoms with Gasteiger partial charge >= 0.3 is 5.97 Å². The number of hydrogen-bond acceptors (Lipinski definition) is 3. The first kappa shape index (κ1) is 10.5. The maximum Gasteiger partial charge on any atom is 0.317 e. The third kappa shape index (κ3) is 2.97. The van der Waals surface area contributed by atoms with Crippen molar-refractivity contribution in [3.05, 3.63) is 0 Å². The van der Waals surface area contributed by atoms with Gasteiger partial charge < -0.3 is 9.84 Å². The van der Waals surface area contributed by atoms with Crippen molar-refractivity contribution in [1.29, 1.82) is 0 Å². The highest BCUT2D eigenvalue weighted by atomic mass is 16.5. The lowest BCUT2D eigenvalue weighted by atomic mass is 10.0. The summed E-state index contributed by atoms with van der Waals surface area (Å²) in [5.41, 5.74) is 0. The Hall–Kier alpha value is -0.610. The molecule has 76 valence electrons. The molecule has 0 radical (unpaired) electrons. The topological polar surface area (TPSA) is 49.8 Å². The first-order valence-electron chi connectivity index (χ1n) is 4.60. The number of likely N-dealkylation sites (tertiary alicyclic amines) is 1. The van der Waals surface area contributed by atoms with E-state index >= 15 is 0 Å². The van der Waals surface area contributed by atoms with E-state index in [1.807, 2.05) is 11.8 Å². The molecule has 0 spiro atoms. The summed E-state index contributed by atoms with van der Waals surface area (Å²) in [6, 6.07) is 0. The molecule has 1 saturated heterocycles. The molecule has 13 heavy (non-hydrogen) atoms. The van der Waals surface area contributed by atoms with Crippen molar-refractivity contribution in [2.24, 2.45) is 5.92 Å². The maximum atomic E-state index is 10.4. The molecule has 1 N–H and O–H groups in total. The molecule has 0 aromatic heterocycles. The van der Waals surface area contributed by atoms with Crippen molar-refractivity contribution >= 4 is 5.97 Å². The summed E-state index contributed by atoms with van der Waals surface area (Å²) < 4.78 is 5.21. The fraction of sp³-hybridized carbons (Fsp3) is 0.889. The van der Waals surface area contributed by atoms with Gasteiger partial charge in [0, 0.05) is 13.7 Å². The number of ether oxygens (including phenoxy) is 1. The summed E-state index contributed by atoms with van der Waals surface area (Å²) in [7, 11) is 1.70. The Labute approximate surface area is 78.5 Å². The summed E-state index contributed by atoms with van der Waals surface area (Å²) in [4.78, 5) is 12.4. The van der Waals surface area contributed by atoms with Gasteiger partial charge in [0.2, 0.25) is 0 Å². The van der Waals surface area contributed by atoms with Crippen molar-refractivity contribution in [3.63, 3.8) is 0 Å². The highest BCUT2D eigenvalue weighted by Crippen LogP contribution is 2.20. The second-order valence-electron chi connectivity index (χ2n) is 3.62. The van der Waals surface area contributed by atoms with E-state index in [4.69, 9.17) is 9.84 Å². The van der Waals surface area contributed by atoms with Crippen molar-refractivity contribution in [2.75, 3.05) is 26.7 Å². The number of aliphatic carboxylic acids is 1. The lowest BCUT2D eigenvalue weighted by Gasteiger charge is -2.18. The average molecular weight is 187 g/mol. The fourth-order valence-electron chi connectivity index (χ4n) is 1.77. The molecule has 0 aromatic carbocycles. The van der Waals surface area contributed by atoms with Crippen LogP contribution in [0.3, 0.4) is 0 Å². The van der Waals surface area contributed by atoms with E-state index in [0.29, 0.717) is 5.92 Å². The largest absolute Gasteiger partial charge is 0.480 e. The first-order valence-corrected chi connectivity index (χ1v) is 4.60. The minimum atomic E-state index is -0.745. The Morgan fingerprint density at radius 3 is 3.00 bits per heavy atom. The molecule has 1 unspecified atom stereocenters. The molecule has 0 aliphatic carbocycles. The third-order valence-electron chi connectivity index (χ3n) is 2.70. The van der Waals surface area contributed by atoms with Crippen molar-refractivity contribution < 1.29 is 14.6 Å². The standard InChI is InChI=1S/C9H17NO3/c1-7(13-2)8-3-4-10(5-8)6-9(11)12/h7-8H,3-6H2,1-2H3,(H,11,12)/t7-,8?/m1/s1. The van der Waals surface area contributed by atoms with Gasteiger partial charge in [-0.3, -0.25) is 9.69 Å². The minimum absolute atomic E-state index is 0.160. The first-order chi connectivity index (χ1) is 6.13. The van der Waals surface area contributed by atoms with E-state index in [-0.39, 0.29) is 12.6 Å². The Morgan fingerprint density at radius 2 is 2.46 bits per heavy atom. The van der Waals surface area contributed by atoms with Crippen molar-refractivity contribution in [1.82, 2.24) is 4.90 Å². The lowest BCUT2D eigenvalue weighted by molar-refractivity contribution is -0.138. The number of carboxylic acids is 1. The van der Waals surface area contributed by atoms with Gasteiger partial charge in [0.1, 0.15) is 0 Å². The zero-order valence-electron chi connectivity index (χ0n) is 8.19. The number of hydrogen-bond donors (Lipinski definition) is 1. The number of rotatable bonds is 4. The molecule has 1 heterocycles. The summed E-state index contributed by atoms with van der Waals surface area (Å²) >= 11 is 0. The molecule has 4 heteroatoms. The van der Waals surface area contributed by atoms with E-state index in [9.17, 15) is 4.79 Å². The molecule has 1 fully saturated rings. The number of nitrogens with zero attached hydrogens (tertiary/aromatic N) is 1. The summed E-state index contributed by atoms with van der Waals surface area (Å²) in [5, 5.41) is 8.58. The Balaban J connectivity index is 2.31. The van der Waals surface area contributed by atoms with E-state index in [1.54, 1.807) is 7.11 Å². The van der Waals surface area contributed by atoms with Gasteiger partial charge in [0.15, 0.2) is 0 Å². The molecule has 0 saturated carbocycles. The zero-order valence-corrected chi connectivity index (χ0v) is 8.19. The predicted octanol–water partition coefficient (Wildman–Crippen LogP) is 0.428. The van der Waals surface area contributed by atoms with Crippen LogP contribution in [0.4, 0.5) is 0 Å². The average Bonchev–Trinajstić information content (AvgIpc) is 2.50. The van der Waals surface area contributed by atoms with Crippen LogP contribution in [0, 0.1) is 5.92 Å². The van der Waals surface area contributed by atoms with Crippen LogP contribution in [0.25, 0.3) is 0 Å². The molecular formula is C9H17NO3. The Morgan fingerprint density at radius 1 is 1.77 bits per heavy atom. The van der Waals surface area contributed by atoms with Crippen LogP contribution in [-0.4, -0.2) is 48.8 Å². The lowest BCUT2D eigenvalue weighted by Crippen LogP contribution is -2.29. The quantitative estimate of drug-likeness (QED) is 0.693. The van der Waals surface area contributed by atoms with Crippen molar-refractivity contribution in [2.45, 2.75) is 19.4 Å². The highest BCUT2D eigenvalue weighted by molar-refractivity contribution is 5.69. The number of carbonyl (C=O) groups is 1. The molecular weight excluding hydrogens is 170 g/mol. The van der Waals surface area contributed by atoms with Gasteiger partial charge in [-0.25, -0.2) is 0 Å². The van der Waals surface area contributed by atoms with Gasteiger partial charge in [-0.15, -0.1) is 0 Å². The molecule has 0 amide bonds. The maximum absolute atomic E-state index is 10.4. The van der Waals surface area contributed by atoms with Crippen LogP contribution < -0.4 is 0 Å². The second-order valence-corrected chi connectivity index (χ2v) is 3.62. The molecule has 4 nitrogen and oxygen atoms in total. The number of methoxy groups -OCH3 is 1. The van der Waals surface area contributed by atoms with E-state index in [0.717, 1.165) is 19.5 Å². The molecule has 2 atom stereocenters. The third-order valence-corrected chi connectivity index (χ3v) is 2.70. The SMILES string of the molecule is CO[C@H](C)C1CCN(CC(=O)O)C1. The van der Waals surface area contributed by atoms with Crippen LogP contribution in [0.1, 0.15) is 13.3 Å². The van der Waals surface area contributed by atoms with Gasteiger partial charge in [-0.05, 0) is 25.8 Å². The van der Waals surface area contributed by atoms with Crippen LogP contribution in [0.2, 0.25) is 0 Å². The van der Waals surface area contributed by atoms with Gasteiger partial charge in [-0.2, -0.15) is 0 Å². The van der Waals surface area contributed by atoms with E-state index in [1.165, 1.54) is 0 Å². The van der Waals surface area contributed by atoms with E-state index in [2.05, 4.69) is 0 Å². The van der Waals surface area contributed by atoms with Crippen LogP contribution in [0.5, 0.6) is 0 Å². The summed E-state index contributed by atoms with van der Waals surface area (Å²) in [6.45, 7) is 3.92. The second kappa shape index (κ2) is 4.58. The summed E-state index contributed by atoms with van der Waals surface area (Å²) in [6.07, 6.45) is 1.28. The monoisotopic (exact) mass is 187 g/mol. The normalized spacial score (nSPS) is 26.2. The minimum Gasteiger partial charge on any atom is -0.480 e. The van der Waals surface area contributed by atoms with Crippen LogP contribution >= 0.6 is 0 Å². The van der Waals surface area contributed by atoms with Gasteiger partial charge in [0.05, 0.1) is 12.6 Å². The summed E-state index contributed by atoms with van der Waals surface area (Å²) in [5.74, 6) is -0.255. The van der Waals surface area contributed by atoms with Gasteiger partial charge in [-0.1, -0.05) is 0 Å². The van der Waals surface area contributed by atoms with Crippen LogP contribution in [-0.2, 0) is 9.53 Å². The molecule has 1 aliphatic rings. The Kier molecular flexibility index (Phi) is 3.69. The van der Waals surface area contributed by atoms with E-state index < -0.39 is 5.97 Å². The molecule has 0 bridgehead atoms. The molecule has 1 rings (SSSR count). The Bertz CT molecular complexity index is 184. The van der Waals surface area contributed by atoms with Crippen molar-refractivity contribution in [3.8, 4) is 0 Å². The fourth-order valence-corrected chi connectivity index (χ4v) is 1.77. The zero-order chi connectivity index (χ0) is 9.84.